The lowest BCUT2D eigenvalue weighted by atomic mass is 9.93. The first-order chi connectivity index (χ1) is 20.6. The molecule has 5 aromatic rings. The molecule has 0 amide bonds. The molecule has 43 heavy (non-hydrogen) atoms. The van der Waals surface area contributed by atoms with E-state index in [0.717, 1.165) is 41.2 Å². The van der Waals surface area contributed by atoms with Gasteiger partial charge in [0.1, 0.15) is 0 Å². The molecule has 0 aliphatic carbocycles. The van der Waals surface area contributed by atoms with E-state index >= 15 is 0 Å². The first-order valence-corrected chi connectivity index (χ1v) is 13.7. The van der Waals surface area contributed by atoms with Crippen LogP contribution in [0.5, 0.6) is 0 Å². The number of aromatic nitrogens is 3. The number of nitro benzene ring substituents is 4. The van der Waals surface area contributed by atoms with Gasteiger partial charge in [0.05, 0.1) is 57.6 Å². The zero-order valence-electron chi connectivity index (χ0n) is 21.5. The Balaban J connectivity index is 1.46. The van der Waals surface area contributed by atoms with E-state index in [1.165, 1.54) is 24.3 Å². The fourth-order valence-electron chi connectivity index (χ4n) is 4.25. The molecule has 0 bridgehead atoms. The molecule has 0 spiro atoms. The van der Waals surface area contributed by atoms with Crippen molar-refractivity contribution in [3.8, 4) is 0 Å². The van der Waals surface area contributed by atoms with Gasteiger partial charge < -0.3 is 9.97 Å². The Kier molecular flexibility index (Phi) is 8.17. The Morgan fingerprint density at radius 1 is 0.581 bits per heavy atom. The Hall–Kier alpha value is -5.55. The summed E-state index contributed by atoms with van der Waals surface area (Å²) >= 11 is 2.10. The van der Waals surface area contributed by atoms with Gasteiger partial charge in [-0.3, -0.25) is 45.4 Å². The van der Waals surface area contributed by atoms with Gasteiger partial charge in [0.2, 0.25) is 0 Å². The third kappa shape index (κ3) is 6.36. The van der Waals surface area contributed by atoms with E-state index in [1.54, 1.807) is 36.7 Å². The molecule has 0 saturated heterocycles. The van der Waals surface area contributed by atoms with Crippen molar-refractivity contribution >= 4 is 46.3 Å². The molecule has 0 atom stereocenters. The molecule has 216 valence electrons. The first-order valence-electron chi connectivity index (χ1n) is 12.1. The van der Waals surface area contributed by atoms with E-state index in [9.17, 15) is 40.5 Å². The van der Waals surface area contributed by atoms with Crippen LogP contribution in [-0.4, -0.2) is 34.6 Å². The molecule has 5 rings (SSSR count). The van der Waals surface area contributed by atoms with Crippen LogP contribution in [0.3, 0.4) is 0 Å². The summed E-state index contributed by atoms with van der Waals surface area (Å²) in [6.45, 7) is 0. The molecule has 0 aliphatic heterocycles. The summed E-state index contributed by atoms with van der Waals surface area (Å²) in [6.07, 6.45) is 3.25. The molecule has 17 heteroatoms. The molecule has 15 nitrogen and oxygen atoms in total. The van der Waals surface area contributed by atoms with Crippen LogP contribution in [0.4, 0.5) is 22.7 Å². The van der Waals surface area contributed by atoms with E-state index in [0.29, 0.717) is 21.4 Å². The van der Waals surface area contributed by atoms with Crippen LogP contribution in [0.2, 0.25) is 0 Å². The highest BCUT2D eigenvalue weighted by Gasteiger charge is 2.25. The van der Waals surface area contributed by atoms with Gasteiger partial charge >= 0.3 is 0 Å². The normalized spacial score (nSPS) is 11.0. The summed E-state index contributed by atoms with van der Waals surface area (Å²) in [6, 6.07) is 17.6. The Bertz CT molecular complexity index is 1760. The van der Waals surface area contributed by atoms with Crippen molar-refractivity contribution in [1.29, 1.82) is 0 Å². The number of non-ortho nitro benzene ring substituents is 2. The van der Waals surface area contributed by atoms with Crippen molar-refractivity contribution in [3.05, 3.63) is 143 Å². The van der Waals surface area contributed by atoms with Crippen molar-refractivity contribution in [2.45, 2.75) is 25.8 Å². The van der Waals surface area contributed by atoms with E-state index in [-0.39, 0.29) is 21.2 Å². The average molecular weight is 620 g/mol. The topological polar surface area (TPSA) is 217 Å². The van der Waals surface area contributed by atoms with Gasteiger partial charge in [0.25, 0.3) is 22.7 Å². The summed E-state index contributed by atoms with van der Waals surface area (Å²) in [5.41, 5.74) is 0.686. The van der Waals surface area contributed by atoms with Crippen LogP contribution in [0, 0.1) is 40.5 Å². The highest BCUT2D eigenvalue weighted by molar-refractivity contribution is 7.99. The quantitative estimate of drug-likeness (QED) is 0.115. The van der Waals surface area contributed by atoms with E-state index in [1.807, 2.05) is 12.1 Å². The molecule has 3 aromatic heterocycles. The molecule has 0 saturated carbocycles. The van der Waals surface area contributed by atoms with E-state index in [2.05, 4.69) is 15.0 Å². The fourth-order valence-corrected chi connectivity index (χ4v) is 6.09. The second-order valence-corrected chi connectivity index (χ2v) is 11.0. The highest BCUT2D eigenvalue weighted by Crippen LogP contribution is 2.41. The monoisotopic (exact) mass is 619 g/mol. The molecule has 0 fully saturated rings. The number of benzene rings is 2. The number of aromatic amines is 2. The predicted octanol–water partition coefficient (Wildman–Crippen LogP) is 6.85. The van der Waals surface area contributed by atoms with Crippen molar-refractivity contribution in [2.75, 3.05) is 0 Å². The molecular formula is C26H17N7O8S2. The lowest BCUT2D eigenvalue weighted by Gasteiger charge is -2.15. The third-order valence-electron chi connectivity index (χ3n) is 6.16. The molecular weight excluding hydrogens is 602 g/mol. The van der Waals surface area contributed by atoms with Gasteiger partial charge in [-0.15, -0.1) is 0 Å². The number of hydrogen-bond donors (Lipinski definition) is 2. The lowest BCUT2D eigenvalue weighted by Crippen LogP contribution is -2.04. The largest absolute Gasteiger partial charge is 0.352 e. The molecule has 0 unspecified atom stereocenters. The zero-order valence-corrected chi connectivity index (χ0v) is 23.1. The second kappa shape index (κ2) is 12.1. The Morgan fingerprint density at radius 3 is 1.42 bits per heavy atom. The number of nitrogens with zero attached hydrogens (tertiary/aromatic N) is 5. The minimum Gasteiger partial charge on any atom is -0.352 e. The van der Waals surface area contributed by atoms with Crippen LogP contribution < -0.4 is 0 Å². The fraction of sp³-hybridized carbons (Fsp3) is 0.0385. The minimum atomic E-state index is -0.698. The number of rotatable bonds is 11. The Morgan fingerprint density at radius 2 is 1.02 bits per heavy atom. The number of nitrogens with one attached hydrogen (secondary N) is 2. The van der Waals surface area contributed by atoms with Gasteiger partial charge in [0.15, 0.2) is 0 Å². The highest BCUT2D eigenvalue weighted by atomic mass is 32.2. The van der Waals surface area contributed by atoms with Gasteiger partial charge in [-0.1, -0.05) is 23.5 Å². The van der Waals surface area contributed by atoms with Crippen LogP contribution in [0.1, 0.15) is 22.9 Å². The summed E-state index contributed by atoms with van der Waals surface area (Å²) in [7, 11) is 0. The van der Waals surface area contributed by atoms with Gasteiger partial charge in [-0.25, -0.2) is 0 Å². The van der Waals surface area contributed by atoms with Crippen LogP contribution in [0.25, 0.3) is 0 Å². The standard InChI is InChI=1S/C26H17N7O8S2/c34-30(35)16-1-5-22(20(13-16)32(38)39)42-24-7-3-18(28-24)26(15-9-11-27-12-10-15)19-4-8-25(29-19)43-23-6-2-17(31(36)37)14-21(23)33(40)41/h1-14,26,28-29H. The lowest BCUT2D eigenvalue weighted by molar-refractivity contribution is -0.396. The van der Waals surface area contributed by atoms with Crippen molar-refractivity contribution < 1.29 is 19.7 Å². The number of nitro groups is 4. The number of H-pyrrole nitrogens is 2. The van der Waals surface area contributed by atoms with Gasteiger partial charge in [-0.2, -0.15) is 0 Å². The van der Waals surface area contributed by atoms with E-state index in [4.69, 9.17) is 0 Å². The van der Waals surface area contributed by atoms with Crippen molar-refractivity contribution in [3.63, 3.8) is 0 Å². The minimum absolute atomic E-state index is 0.215. The SMILES string of the molecule is O=[N+]([O-])c1ccc(Sc2ccc(C(c3ccncc3)c3ccc(Sc4ccc([N+](=O)[O-])cc4[N+](=O)[O-])[nH]3)[nH]2)c([N+](=O)[O-])c1. The summed E-state index contributed by atoms with van der Waals surface area (Å²) in [4.78, 5) is 53.7. The van der Waals surface area contributed by atoms with Gasteiger partial charge in [-0.05, 0) is 54.1 Å². The molecule has 0 radical (unpaired) electrons. The molecule has 0 aliphatic rings. The average Bonchev–Trinajstić information content (AvgIpc) is 3.63. The van der Waals surface area contributed by atoms with E-state index < -0.39 is 37.0 Å². The molecule has 2 N–H and O–H groups in total. The number of pyridine rings is 1. The van der Waals surface area contributed by atoms with Crippen molar-refractivity contribution in [2.24, 2.45) is 0 Å². The Labute approximate surface area is 249 Å². The predicted molar refractivity (Wildman–Crippen MR) is 155 cm³/mol. The summed E-state index contributed by atoms with van der Waals surface area (Å²) in [5, 5.41) is 46.5. The maximum atomic E-state index is 11.6. The third-order valence-corrected chi connectivity index (χ3v) is 8.21. The van der Waals surface area contributed by atoms with Crippen LogP contribution in [-0.2, 0) is 0 Å². The molecule has 2 aromatic carbocycles. The summed E-state index contributed by atoms with van der Waals surface area (Å²) in [5.74, 6) is -0.398. The van der Waals surface area contributed by atoms with Crippen molar-refractivity contribution in [1.82, 2.24) is 15.0 Å². The summed E-state index contributed by atoms with van der Waals surface area (Å²) < 4.78 is 0. The smallest absolute Gasteiger partial charge is 0.290 e. The molecule has 3 heterocycles. The first kappa shape index (κ1) is 29.0. The zero-order chi connectivity index (χ0) is 30.7. The number of hydrogen-bond acceptors (Lipinski definition) is 11. The van der Waals surface area contributed by atoms with Crippen LogP contribution in [0.15, 0.2) is 105 Å². The van der Waals surface area contributed by atoms with Crippen LogP contribution >= 0.6 is 23.5 Å². The maximum Gasteiger partial charge on any atom is 0.290 e. The second-order valence-electron chi connectivity index (χ2n) is 8.81. The van der Waals surface area contributed by atoms with Gasteiger partial charge in [0, 0.05) is 35.9 Å². The maximum absolute atomic E-state index is 11.6.